The summed E-state index contributed by atoms with van der Waals surface area (Å²) in [6.07, 6.45) is 1.86. The number of halogens is 2. The topological polar surface area (TPSA) is 96.0 Å². The second-order valence-electron chi connectivity index (χ2n) is 11.2. The van der Waals surface area contributed by atoms with E-state index >= 15 is 0 Å². The highest BCUT2D eigenvalue weighted by Gasteiger charge is 2.35. The summed E-state index contributed by atoms with van der Waals surface area (Å²) in [5.74, 6) is -0.345. The number of nitrogens with one attached hydrogen (secondary N) is 1. The molecule has 0 aliphatic carbocycles. The molecular weight excluding hydrogens is 657 g/mol. The first-order valence-electron chi connectivity index (χ1n) is 15.3. The predicted octanol–water partition coefficient (Wildman–Crippen LogP) is 7.06. The van der Waals surface area contributed by atoms with E-state index in [1.54, 1.807) is 37.4 Å². The van der Waals surface area contributed by atoms with E-state index in [1.807, 2.05) is 50.2 Å². The van der Waals surface area contributed by atoms with Crippen molar-refractivity contribution >= 4 is 50.7 Å². The highest BCUT2D eigenvalue weighted by molar-refractivity contribution is 7.92. The van der Waals surface area contributed by atoms with Gasteiger partial charge < -0.3 is 15.0 Å². The van der Waals surface area contributed by atoms with Crippen LogP contribution in [0, 0.1) is 6.92 Å². The molecule has 1 unspecified atom stereocenters. The maximum atomic E-state index is 14.6. The molecule has 1 N–H and O–H groups in total. The van der Waals surface area contributed by atoms with Crippen LogP contribution in [-0.4, -0.2) is 51.4 Å². The van der Waals surface area contributed by atoms with Gasteiger partial charge >= 0.3 is 0 Å². The lowest BCUT2D eigenvalue weighted by Gasteiger charge is -2.34. The Bertz CT molecular complexity index is 1750. The van der Waals surface area contributed by atoms with E-state index in [9.17, 15) is 18.0 Å². The molecule has 0 aliphatic heterocycles. The Morgan fingerprint density at radius 2 is 1.53 bits per heavy atom. The number of methoxy groups -OCH3 is 1. The Balaban J connectivity index is 1.82. The summed E-state index contributed by atoms with van der Waals surface area (Å²) in [5.41, 5.74) is 2.54. The number of hydrogen-bond acceptors (Lipinski definition) is 5. The lowest BCUT2D eigenvalue weighted by atomic mass is 10.0. The smallest absolute Gasteiger partial charge is 0.264 e. The van der Waals surface area contributed by atoms with E-state index in [0.717, 1.165) is 28.3 Å². The van der Waals surface area contributed by atoms with Crippen molar-refractivity contribution in [1.29, 1.82) is 0 Å². The fourth-order valence-corrected chi connectivity index (χ4v) is 6.99. The van der Waals surface area contributed by atoms with Crippen LogP contribution in [0.1, 0.15) is 36.5 Å². The van der Waals surface area contributed by atoms with Gasteiger partial charge in [-0.25, -0.2) is 8.42 Å². The predicted molar refractivity (Wildman–Crippen MR) is 188 cm³/mol. The van der Waals surface area contributed by atoms with Crippen LogP contribution < -0.4 is 14.4 Å². The van der Waals surface area contributed by atoms with Crippen LogP contribution >= 0.6 is 23.2 Å². The summed E-state index contributed by atoms with van der Waals surface area (Å²) in [6, 6.07) is 26.3. The molecule has 4 aromatic carbocycles. The van der Waals surface area contributed by atoms with Crippen molar-refractivity contribution in [2.24, 2.45) is 0 Å². The van der Waals surface area contributed by atoms with E-state index in [0.29, 0.717) is 17.9 Å². The average molecular weight is 697 g/mol. The van der Waals surface area contributed by atoms with Gasteiger partial charge in [0.2, 0.25) is 11.8 Å². The van der Waals surface area contributed by atoms with Gasteiger partial charge in [0.15, 0.2) is 0 Å². The molecule has 4 aromatic rings. The van der Waals surface area contributed by atoms with Gasteiger partial charge in [-0.2, -0.15) is 0 Å². The zero-order valence-corrected chi connectivity index (χ0v) is 29.0. The maximum absolute atomic E-state index is 14.6. The third kappa shape index (κ3) is 9.73. The van der Waals surface area contributed by atoms with E-state index in [1.165, 1.54) is 35.2 Å². The van der Waals surface area contributed by atoms with Crippen molar-refractivity contribution in [3.05, 3.63) is 124 Å². The van der Waals surface area contributed by atoms with Crippen LogP contribution in [-0.2, 0) is 32.6 Å². The van der Waals surface area contributed by atoms with Crippen LogP contribution in [0.15, 0.2) is 102 Å². The largest absolute Gasteiger partial charge is 0.497 e. The van der Waals surface area contributed by atoms with Gasteiger partial charge in [0, 0.05) is 29.6 Å². The van der Waals surface area contributed by atoms with Gasteiger partial charge in [0.1, 0.15) is 18.3 Å². The molecule has 1 atom stereocenters. The minimum atomic E-state index is -4.29. The number of benzene rings is 4. The zero-order valence-electron chi connectivity index (χ0n) is 26.7. The molecule has 4 rings (SSSR count). The van der Waals surface area contributed by atoms with Gasteiger partial charge in [-0.05, 0) is 66.9 Å². The number of aryl methyl sites for hydroxylation is 1. The number of sulfonamides is 1. The summed E-state index contributed by atoms with van der Waals surface area (Å²) in [7, 11) is -2.74. The summed E-state index contributed by atoms with van der Waals surface area (Å²) in [5, 5.41) is 3.39. The Hall–Kier alpha value is -4.05. The number of carbonyl (C=O) groups excluding carboxylic acids is 2. The summed E-state index contributed by atoms with van der Waals surface area (Å²) in [4.78, 5) is 29.9. The Morgan fingerprint density at radius 3 is 2.17 bits per heavy atom. The Labute approximate surface area is 287 Å². The van der Waals surface area contributed by atoms with Gasteiger partial charge in [-0.3, -0.25) is 13.9 Å². The van der Waals surface area contributed by atoms with Crippen molar-refractivity contribution in [1.82, 2.24) is 10.2 Å². The minimum Gasteiger partial charge on any atom is -0.497 e. The van der Waals surface area contributed by atoms with Crippen molar-refractivity contribution in [2.45, 2.75) is 50.6 Å². The maximum Gasteiger partial charge on any atom is 0.264 e. The highest BCUT2D eigenvalue weighted by atomic mass is 35.5. The number of ether oxygens (including phenoxy) is 1. The molecule has 47 heavy (non-hydrogen) atoms. The number of nitrogens with zero attached hydrogens (tertiary/aromatic N) is 2. The molecule has 0 saturated heterocycles. The molecule has 0 saturated carbocycles. The van der Waals surface area contributed by atoms with E-state index < -0.39 is 28.5 Å². The fourth-order valence-electron chi connectivity index (χ4n) is 5.08. The fraction of sp³-hybridized carbons (Fsp3) is 0.278. The minimum absolute atomic E-state index is 0.00973. The third-order valence-electron chi connectivity index (χ3n) is 7.61. The molecule has 0 aliphatic rings. The first kappa shape index (κ1) is 35.8. The van der Waals surface area contributed by atoms with Gasteiger partial charge in [0.25, 0.3) is 10.0 Å². The number of amides is 2. The van der Waals surface area contributed by atoms with E-state index in [2.05, 4.69) is 5.32 Å². The SMILES string of the molecule is CCCCNC(=O)C(Cc1ccccc1)N(Cc1cccc(OC)c1)C(=O)CN(c1cc(Cl)cc(Cl)c1)S(=O)(=O)c1ccc(C)cc1. The van der Waals surface area contributed by atoms with Gasteiger partial charge in [-0.1, -0.05) is 96.7 Å². The Morgan fingerprint density at radius 1 is 0.872 bits per heavy atom. The lowest BCUT2D eigenvalue weighted by molar-refractivity contribution is -0.140. The second-order valence-corrected chi connectivity index (χ2v) is 13.9. The summed E-state index contributed by atoms with van der Waals surface area (Å²) in [6.45, 7) is 3.71. The molecule has 8 nitrogen and oxygen atoms in total. The molecule has 2 amide bonds. The number of unbranched alkanes of at least 4 members (excludes halogenated alkanes) is 1. The van der Waals surface area contributed by atoms with Crippen LogP contribution in [0.2, 0.25) is 10.0 Å². The quantitative estimate of drug-likeness (QED) is 0.134. The van der Waals surface area contributed by atoms with Crippen molar-refractivity contribution in [3.63, 3.8) is 0 Å². The molecule has 0 heterocycles. The summed E-state index contributed by atoms with van der Waals surface area (Å²) >= 11 is 12.6. The van der Waals surface area contributed by atoms with Crippen LogP contribution in [0.4, 0.5) is 5.69 Å². The molecule has 11 heteroatoms. The zero-order chi connectivity index (χ0) is 34.0. The van der Waals surface area contributed by atoms with E-state index in [-0.39, 0.29) is 39.5 Å². The highest BCUT2D eigenvalue weighted by Crippen LogP contribution is 2.30. The first-order chi connectivity index (χ1) is 22.5. The first-order valence-corrected chi connectivity index (χ1v) is 17.5. The van der Waals surface area contributed by atoms with Crippen molar-refractivity contribution in [2.75, 3.05) is 24.5 Å². The van der Waals surface area contributed by atoms with Crippen LogP contribution in [0.5, 0.6) is 5.75 Å². The molecule has 0 bridgehead atoms. The van der Waals surface area contributed by atoms with E-state index in [4.69, 9.17) is 27.9 Å². The Kier molecular flexibility index (Phi) is 12.7. The molecular formula is C36H39Cl2N3O5S. The van der Waals surface area contributed by atoms with Gasteiger partial charge in [0.05, 0.1) is 17.7 Å². The molecule has 0 radical (unpaired) electrons. The van der Waals surface area contributed by atoms with Crippen molar-refractivity contribution < 1.29 is 22.7 Å². The summed E-state index contributed by atoms with van der Waals surface area (Å²) < 4.78 is 34.8. The van der Waals surface area contributed by atoms with Crippen LogP contribution in [0.3, 0.4) is 0 Å². The molecule has 0 aromatic heterocycles. The molecule has 0 fully saturated rings. The second kappa shape index (κ2) is 16.7. The average Bonchev–Trinajstić information content (AvgIpc) is 3.05. The van der Waals surface area contributed by atoms with Gasteiger partial charge in [-0.15, -0.1) is 0 Å². The molecule has 248 valence electrons. The number of carbonyl (C=O) groups is 2. The normalized spacial score (nSPS) is 11.9. The van der Waals surface area contributed by atoms with Crippen LogP contribution in [0.25, 0.3) is 0 Å². The molecule has 0 spiro atoms. The number of rotatable bonds is 15. The number of anilines is 1. The number of hydrogen-bond donors (Lipinski definition) is 1. The lowest BCUT2D eigenvalue weighted by Crippen LogP contribution is -2.53. The monoisotopic (exact) mass is 695 g/mol. The standard InChI is InChI=1S/C36H39Cl2N3O5S/c1-4-5-18-39-36(43)34(20-27-10-7-6-8-11-27)40(24-28-12-9-13-32(19-28)46-3)35(42)25-41(31-22-29(37)21-30(38)23-31)47(44,45)33-16-14-26(2)15-17-33/h6-17,19,21-23,34H,4-5,18,20,24-25H2,1-3H3,(H,39,43). The van der Waals surface area contributed by atoms with Crippen molar-refractivity contribution in [3.8, 4) is 5.75 Å². The third-order valence-corrected chi connectivity index (χ3v) is 9.84.